The van der Waals surface area contributed by atoms with Gasteiger partial charge in [-0.2, -0.15) is 0 Å². The SMILES string of the molecule is CC1=C(C)C(C(P)(Cc2ccccc2)c2ccccc2)C(C)=C1C. The molecule has 0 aromatic heterocycles. The van der Waals surface area contributed by atoms with Gasteiger partial charge in [-0.3, -0.25) is 0 Å². The molecule has 2 atom stereocenters. The predicted molar refractivity (Wildman–Crippen MR) is 108 cm³/mol. The lowest BCUT2D eigenvalue weighted by atomic mass is 9.75. The van der Waals surface area contributed by atoms with Crippen molar-refractivity contribution in [2.45, 2.75) is 39.3 Å². The first kappa shape index (κ1) is 17.2. The van der Waals surface area contributed by atoms with Crippen molar-refractivity contribution in [1.82, 2.24) is 0 Å². The van der Waals surface area contributed by atoms with Gasteiger partial charge in [0.1, 0.15) is 0 Å². The van der Waals surface area contributed by atoms with Crippen LogP contribution in [-0.2, 0) is 11.6 Å². The van der Waals surface area contributed by atoms with Gasteiger partial charge in [0.15, 0.2) is 0 Å². The summed E-state index contributed by atoms with van der Waals surface area (Å²) in [6.07, 6.45) is 1.02. The number of benzene rings is 2. The molecule has 0 radical (unpaired) electrons. The zero-order valence-corrected chi connectivity index (χ0v) is 16.3. The van der Waals surface area contributed by atoms with Gasteiger partial charge in [-0.05, 0) is 56.4 Å². The van der Waals surface area contributed by atoms with Gasteiger partial charge in [0.05, 0.1) is 0 Å². The van der Waals surface area contributed by atoms with E-state index >= 15 is 0 Å². The zero-order chi connectivity index (χ0) is 17.3. The molecule has 124 valence electrons. The Bertz CT molecular complexity index is 759. The Hall–Kier alpha value is -1.65. The molecular weight excluding hydrogens is 307 g/mol. The van der Waals surface area contributed by atoms with Crippen LogP contribution in [0, 0.1) is 5.92 Å². The van der Waals surface area contributed by atoms with E-state index in [0.717, 1.165) is 6.42 Å². The van der Waals surface area contributed by atoms with Crippen molar-refractivity contribution in [1.29, 1.82) is 0 Å². The molecule has 0 bridgehead atoms. The fraction of sp³-hybridized carbons (Fsp3) is 0.304. The second-order valence-corrected chi connectivity index (χ2v) is 8.15. The zero-order valence-electron chi connectivity index (χ0n) is 15.1. The monoisotopic (exact) mass is 334 g/mol. The minimum absolute atomic E-state index is 0.0181. The Kier molecular flexibility index (Phi) is 4.79. The Morgan fingerprint density at radius 2 is 1.21 bits per heavy atom. The van der Waals surface area contributed by atoms with Gasteiger partial charge < -0.3 is 0 Å². The lowest BCUT2D eigenvalue weighted by Crippen LogP contribution is -2.32. The largest absolute Gasteiger partial charge is 0.125 e. The van der Waals surface area contributed by atoms with Crippen molar-refractivity contribution in [2.75, 3.05) is 0 Å². The highest BCUT2D eigenvalue weighted by Crippen LogP contribution is 2.53. The third kappa shape index (κ3) is 2.89. The van der Waals surface area contributed by atoms with Crippen LogP contribution < -0.4 is 0 Å². The summed E-state index contributed by atoms with van der Waals surface area (Å²) in [6.45, 7) is 9.17. The first-order valence-electron chi connectivity index (χ1n) is 8.68. The minimum Gasteiger partial charge on any atom is -0.125 e. The molecule has 0 N–H and O–H groups in total. The molecule has 0 amide bonds. The third-order valence-corrected chi connectivity index (χ3v) is 6.65. The molecule has 24 heavy (non-hydrogen) atoms. The summed E-state index contributed by atoms with van der Waals surface area (Å²) in [5, 5.41) is -0.0181. The van der Waals surface area contributed by atoms with E-state index in [2.05, 4.69) is 97.6 Å². The fourth-order valence-electron chi connectivity index (χ4n) is 4.17. The minimum atomic E-state index is -0.0181. The molecule has 3 rings (SSSR count). The molecular formula is C23H27P. The molecule has 1 aliphatic rings. The average Bonchev–Trinajstić information content (AvgIpc) is 2.80. The van der Waals surface area contributed by atoms with E-state index in [0.29, 0.717) is 5.92 Å². The summed E-state index contributed by atoms with van der Waals surface area (Å²) in [6, 6.07) is 21.8. The van der Waals surface area contributed by atoms with Crippen molar-refractivity contribution in [2.24, 2.45) is 5.92 Å². The van der Waals surface area contributed by atoms with E-state index in [-0.39, 0.29) is 5.16 Å². The topological polar surface area (TPSA) is 0 Å². The van der Waals surface area contributed by atoms with Crippen LogP contribution in [0.2, 0.25) is 0 Å². The first-order valence-corrected chi connectivity index (χ1v) is 9.26. The Balaban J connectivity index is 2.14. The highest BCUT2D eigenvalue weighted by Gasteiger charge is 2.41. The molecule has 0 fully saturated rings. The molecule has 0 aliphatic heterocycles. The summed E-state index contributed by atoms with van der Waals surface area (Å²) in [5.74, 6) is 0.435. The molecule has 0 heterocycles. The van der Waals surface area contributed by atoms with Crippen LogP contribution in [0.25, 0.3) is 0 Å². The lowest BCUT2D eigenvalue weighted by Gasteiger charge is -2.39. The quantitative estimate of drug-likeness (QED) is 0.575. The third-order valence-electron chi connectivity index (χ3n) is 5.78. The lowest BCUT2D eigenvalue weighted by molar-refractivity contribution is 0.491. The van der Waals surface area contributed by atoms with Crippen LogP contribution in [0.4, 0.5) is 0 Å². The molecule has 0 saturated heterocycles. The molecule has 0 spiro atoms. The van der Waals surface area contributed by atoms with Crippen LogP contribution in [-0.4, -0.2) is 0 Å². The van der Waals surface area contributed by atoms with Crippen LogP contribution in [0.3, 0.4) is 0 Å². The molecule has 1 heteroatoms. The van der Waals surface area contributed by atoms with E-state index < -0.39 is 0 Å². The van der Waals surface area contributed by atoms with Crippen molar-refractivity contribution in [3.8, 4) is 0 Å². The highest BCUT2D eigenvalue weighted by molar-refractivity contribution is 7.18. The van der Waals surface area contributed by atoms with E-state index in [1.807, 2.05) is 0 Å². The smallest absolute Gasteiger partial charge is 0.0240 e. The van der Waals surface area contributed by atoms with E-state index in [1.165, 1.54) is 33.4 Å². The maximum atomic E-state index is 3.24. The van der Waals surface area contributed by atoms with Crippen molar-refractivity contribution < 1.29 is 0 Å². The molecule has 2 aromatic carbocycles. The van der Waals surface area contributed by atoms with Gasteiger partial charge in [0.2, 0.25) is 0 Å². The van der Waals surface area contributed by atoms with Gasteiger partial charge >= 0.3 is 0 Å². The normalized spacial score (nSPS) is 18.2. The van der Waals surface area contributed by atoms with Gasteiger partial charge in [0, 0.05) is 11.1 Å². The maximum absolute atomic E-state index is 3.24. The summed E-state index contributed by atoms with van der Waals surface area (Å²) in [4.78, 5) is 0. The van der Waals surface area contributed by atoms with Crippen LogP contribution in [0.1, 0.15) is 38.8 Å². The standard InChI is InChI=1S/C23H27P/c1-16-17(2)19(4)22(18(16)3)23(24,21-13-9-6-10-14-21)15-20-11-7-5-8-12-20/h5-14,22H,15,24H2,1-4H3. The van der Waals surface area contributed by atoms with Gasteiger partial charge in [-0.1, -0.05) is 71.8 Å². The second-order valence-electron chi connectivity index (χ2n) is 7.12. The van der Waals surface area contributed by atoms with Gasteiger partial charge in [-0.25, -0.2) is 0 Å². The Morgan fingerprint density at radius 3 is 1.71 bits per heavy atom. The Morgan fingerprint density at radius 1 is 0.750 bits per heavy atom. The van der Waals surface area contributed by atoms with Crippen molar-refractivity contribution in [3.05, 3.63) is 94.1 Å². The van der Waals surface area contributed by atoms with Gasteiger partial charge in [-0.15, -0.1) is 9.24 Å². The van der Waals surface area contributed by atoms with Crippen LogP contribution in [0.5, 0.6) is 0 Å². The fourth-order valence-corrected chi connectivity index (χ4v) is 5.10. The Labute approximate surface area is 148 Å². The predicted octanol–water partition coefficient (Wildman–Crippen LogP) is 6.30. The summed E-state index contributed by atoms with van der Waals surface area (Å²) in [5.41, 5.74) is 8.74. The number of hydrogen-bond donors (Lipinski definition) is 0. The molecule has 0 saturated carbocycles. The molecule has 2 aromatic rings. The molecule has 0 nitrogen and oxygen atoms in total. The van der Waals surface area contributed by atoms with Crippen molar-refractivity contribution >= 4 is 9.24 Å². The van der Waals surface area contributed by atoms with E-state index in [4.69, 9.17) is 0 Å². The highest BCUT2D eigenvalue weighted by atomic mass is 31.0. The number of allylic oxidation sites excluding steroid dienone is 4. The summed E-state index contributed by atoms with van der Waals surface area (Å²) < 4.78 is 0. The summed E-state index contributed by atoms with van der Waals surface area (Å²) in [7, 11) is 3.24. The average molecular weight is 334 g/mol. The summed E-state index contributed by atoms with van der Waals surface area (Å²) >= 11 is 0. The van der Waals surface area contributed by atoms with Crippen LogP contribution >= 0.6 is 9.24 Å². The van der Waals surface area contributed by atoms with Crippen LogP contribution in [0.15, 0.2) is 83.0 Å². The number of rotatable bonds is 4. The van der Waals surface area contributed by atoms with Crippen molar-refractivity contribution in [3.63, 3.8) is 0 Å². The first-order chi connectivity index (χ1) is 11.4. The maximum Gasteiger partial charge on any atom is 0.0240 e. The van der Waals surface area contributed by atoms with E-state index in [1.54, 1.807) is 0 Å². The second kappa shape index (κ2) is 6.69. The number of hydrogen-bond acceptors (Lipinski definition) is 0. The molecule has 1 aliphatic carbocycles. The van der Waals surface area contributed by atoms with E-state index in [9.17, 15) is 0 Å². The molecule has 2 unspecified atom stereocenters. The van der Waals surface area contributed by atoms with Gasteiger partial charge in [0.25, 0.3) is 0 Å².